The first-order valence-corrected chi connectivity index (χ1v) is 8.25. The van der Waals surface area contributed by atoms with Crippen molar-refractivity contribution in [2.75, 3.05) is 0 Å². The fourth-order valence-corrected chi connectivity index (χ4v) is 2.89. The van der Waals surface area contributed by atoms with Gasteiger partial charge in [0.1, 0.15) is 5.78 Å². The molecule has 1 saturated carbocycles. The number of hydrogen-bond acceptors (Lipinski definition) is 2. The van der Waals surface area contributed by atoms with Gasteiger partial charge in [0.2, 0.25) is 0 Å². The Balaban J connectivity index is 0.000000269. The van der Waals surface area contributed by atoms with Crippen LogP contribution in [0.1, 0.15) is 69.6 Å². The Morgan fingerprint density at radius 2 is 1.83 bits per heavy atom. The summed E-state index contributed by atoms with van der Waals surface area (Å²) in [4.78, 5) is 12.6. The summed E-state index contributed by atoms with van der Waals surface area (Å²) in [5, 5.41) is 2.02. The second-order valence-electron chi connectivity index (χ2n) is 5.02. The molecule has 0 unspecified atom stereocenters. The van der Waals surface area contributed by atoms with Crippen LogP contribution in [-0.4, -0.2) is 5.78 Å². The molecule has 0 aliphatic heterocycles. The van der Waals surface area contributed by atoms with Gasteiger partial charge < -0.3 is 0 Å². The van der Waals surface area contributed by atoms with Crippen molar-refractivity contribution in [2.45, 2.75) is 71.1 Å². The van der Waals surface area contributed by atoms with Gasteiger partial charge in [-0.25, -0.2) is 0 Å². The predicted octanol–water partition coefficient (Wildman–Crippen LogP) is 5.39. The van der Waals surface area contributed by atoms with Crippen LogP contribution in [0.15, 0.2) is 17.5 Å². The van der Waals surface area contributed by atoms with Crippen LogP contribution in [0.5, 0.6) is 0 Å². The fraction of sp³-hybridized carbons (Fsp3) is 0.688. The highest BCUT2D eigenvalue weighted by Crippen LogP contribution is 2.15. The number of Topliss-reactive ketones (excluding diaryl/α,β-unsaturated/α-hetero) is 1. The summed E-state index contributed by atoms with van der Waals surface area (Å²) in [5.74, 6) is 0.385. The Labute approximate surface area is 116 Å². The van der Waals surface area contributed by atoms with Gasteiger partial charge in [-0.05, 0) is 17.9 Å². The molecule has 1 fully saturated rings. The van der Waals surface area contributed by atoms with E-state index in [9.17, 15) is 4.79 Å². The van der Waals surface area contributed by atoms with Crippen LogP contribution in [-0.2, 0) is 11.2 Å². The van der Waals surface area contributed by atoms with Gasteiger partial charge in [-0.15, -0.1) is 11.3 Å². The normalized spacial score (nSPS) is 14.1. The number of unbranched alkanes of at least 4 members (excludes halogenated alkanes) is 2. The standard InChI is InChI=1S/C11H16OS.C5H10/c1-2-3-4-6-10(12)9-11-7-5-8-13-11;1-2-4-5-3-1/h5,7-8H,2-4,6,9H2,1H3;1-5H2. The van der Waals surface area contributed by atoms with Gasteiger partial charge in [0.15, 0.2) is 0 Å². The van der Waals surface area contributed by atoms with E-state index in [1.807, 2.05) is 17.5 Å². The van der Waals surface area contributed by atoms with Crippen molar-refractivity contribution >= 4 is 17.1 Å². The predicted molar refractivity (Wildman–Crippen MR) is 80.3 cm³/mol. The molecule has 1 aliphatic carbocycles. The molecule has 0 bridgehead atoms. The number of carbonyl (C=O) groups is 1. The average Bonchev–Trinajstić information content (AvgIpc) is 3.04. The Morgan fingerprint density at radius 3 is 2.33 bits per heavy atom. The Morgan fingerprint density at radius 1 is 1.17 bits per heavy atom. The molecule has 0 amide bonds. The molecule has 0 saturated heterocycles. The summed E-state index contributed by atoms with van der Waals surface area (Å²) in [7, 11) is 0. The first-order valence-electron chi connectivity index (χ1n) is 7.37. The summed E-state index contributed by atoms with van der Waals surface area (Å²) in [6.07, 6.45) is 12.3. The van der Waals surface area contributed by atoms with E-state index >= 15 is 0 Å². The minimum atomic E-state index is 0.385. The number of hydrogen-bond donors (Lipinski definition) is 0. The third kappa shape index (κ3) is 7.65. The molecule has 0 atom stereocenters. The second-order valence-corrected chi connectivity index (χ2v) is 6.05. The van der Waals surface area contributed by atoms with E-state index in [0.29, 0.717) is 12.2 Å². The van der Waals surface area contributed by atoms with Crippen LogP contribution in [0.4, 0.5) is 0 Å². The van der Waals surface area contributed by atoms with Gasteiger partial charge >= 0.3 is 0 Å². The second kappa shape index (κ2) is 10.3. The highest BCUT2D eigenvalue weighted by molar-refractivity contribution is 7.10. The first-order chi connectivity index (χ1) is 8.83. The lowest BCUT2D eigenvalue weighted by molar-refractivity contribution is -0.118. The van der Waals surface area contributed by atoms with E-state index in [2.05, 4.69) is 6.92 Å². The number of carbonyl (C=O) groups excluding carboxylic acids is 1. The van der Waals surface area contributed by atoms with Gasteiger partial charge in [0, 0.05) is 17.7 Å². The van der Waals surface area contributed by atoms with Crippen molar-refractivity contribution in [2.24, 2.45) is 0 Å². The van der Waals surface area contributed by atoms with Crippen LogP contribution in [0, 0.1) is 0 Å². The molecule has 1 aromatic rings. The maximum atomic E-state index is 11.4. The van der Waals surface area contributed by atoms with E-state index in [4.69, 9.17) is 0 Å². The molecule has 1 aliphatic rings. The third-order valence-electron chi connectivity index (χ3n) is 3.26. The van der Waals surface area contributed by atoms with Gasteiger partial charge in [-0.3, -0.25) is 4.79 Å². The zero-order chi connectivity index (χ0) is 13.1. The van der Waals surface area contributed by atoms with E-state index in [-0.39, 0.29) is 0 Å². The van der Waals surface area contributed by atoms with Gasteiger partial charge in [-0.1, -0.05) is 57.9 Å². The molecule has 1 heterocycles. The molecular formula is C16H26OS. The summed E-state index contributed by atoms with van der Waals surface area (Å²) in [5.41, 5.74) is 0. The highest BCUT2D eigenvalue weighted by Gasteiger charge is 2.03. The molecule has 2 heteroatoms. The van der Waals surface area contributed by atoms with Crippen LogP contribution in [0.25, 0.3) is 0 Å². The summed E-state index contributed by atoms with van der Waals surface area (Å²) >= 11 is 1.67. The van der Waals surface area contributed by atoms with Crippen molar-refractivity contribution < 1.29 is 4.79 Å². The maximum absolute atomic E-state index is 11.4. The lowest BCUT2D eigenvalue weighted by Gasteiger charge is -1.97. The molecule has 0 aromatic carbocycles. The van der Waals surface area contributed by atoms with E-state index in [1.165, 1.54) is 49.8 Å². The van der Waals surface area contributed by atoms with Crippen molar-refractivity contribution in [1.29, 1.82) is 0 Å². The number of rotatable bonds is 6. The van der Waals surface area contributed by atoms with Gasteiger partial charge in [-0.2, -0.15) is 0 Å². The molecule has 0 radical (unpaired) electrons. The number of ketones is 1. The van der Waals surface area contributed by atoms with Crippen molar-refractivity contribution in [3.05, 3.63) is 22.4 Å². The largest absolute Gasteiger partial charge is 0.299 e. The topological polar surface area (TPSA) is 17.1 Å². The molecule has 18 heavy (non-hydrogen) atoms. The molecule has 0 spiro atoms. The summed E-state index contributed by atoms with van der Waals surface area (Å²) in [6, 6.07) is 4.03. The number of thiophene rings is 1. The molecule has 1 nitrogen and oxygen atoms in total. The van der Waals surface area contributed by atoms with E-state index < -0.39 is 0 Å². The zero-order valence-electron chi connectivity index (χ0n) is 11.6. The quantitative estimate of drug-likeness (QED) is 0.631. The average molecular weight is 266 g/mol. The fourth-order valence-electron chi connectivity index (χ4n) is 2.15. The monoisotopic (exact) mass is 266 g/mol. The van der Waals surface area contributed by atoms with Crippen LogP contribution >= 0.6 is 11.3 Å². The van der Waals surface area contributed by atoms with Crippen LogP contribution in [0.2, 0.25) is 0 Å². The molecule has 2 rings (SSSR count). The minimum Gasteiger partial charge on any atom is -0.299 e. The lowest BCUT2D eigenvalue weighted by Crippen LogP contribution is -2.00. The van der Waals surface area contributed by atoms with Crippen LogP contribution < -0.4 is 0 Å². The van der Waals surface area contributed by atoms with Crippen molar-refractivity contribution in [3.8, 4) is 0 Å². The Kier molecular flexibility index (Phi) is 8.83. The van der Waals surface area contributed by atoms with E-state index in [1.54, 1.807) is 11.3 Å². The van der Waals surface area contributed by atoms with Gasteiger partial charge in [0.05, 0.1) is 0 Å². The lowest BCUT2D eigenvalue weighted by atomic mass is 10.1. The molecule has 102 valence electrons. The minimum absolute atomic E-state index is 0.385. The summed E-state index contributed by atoms with van der Waals surface area (Å²) < 4.78 is 0. The maximum Gasteiger partial charge on any atom is 0.138 e. The highest BCUT2D eigenvalue weighted by atomic mass is 32.1. The molecular weight excluding hydrogens is 240 g/mol. The van der Waals surface area contributed by atoms with Crippen molar-refractivity contribution in [3.63, 3.8) is 0 Å². The SMILES string of the molecule is C1CCCC1.CCCCCC(=O)Cc1cccs1. The van der Waals surface area contributed by atoms with E-state index in [0.717, 1.165) is 12.8 Å². The third-order valence-corrected chi connectivity index (χ3v) is 4.14. The Hall–Kier alpha value is -0.630. The molecule has 1 aromatic heterocycles. The van der Waals surface area contributed by atoms with Crippen molar-refractivity contribution in [1.82, 2.24) is 0 Å². The molecule has 0 N–H and O–H groups in total. The first kappa shape index (κ1) is 15.4. The smallest absolute Gasteiger partial charge is 0.138 e. The zero-order valence-corrected chi connectivity index (χ0v) is 12.4. The van der Waals surface area contributed by atoms with Crippen LogP contribution in [0.3, 0.4) is 0 Å². The Bertz CT molecular complexity index is 291. The van der Waals surface area contributed by atoms with Gasteiger partial charge in [0.25, 0.3) is 0 Å². The summed E-state index contributed by atoms with van der Waals surface area (Å²) in [6.45, 7) is 2.16.